The highest BCUT2D eigenvalue weighted by molar-refractivity contribution is 5.10. The van der Waals surface area contributed by atoms with E-state index in [1.807, 2.05) is 0 Å². The Labute approximate surface area is 75.8 Å². The summed E-state index contributed by atoms with van der Waals surface area (Å²) in [5, 5.41) is 0. The van der Waals surface area contributed by atoms with Crippen molar-refractivity contribution in [3.63, 3.8) is 0 Å². The van der Waals surface area contributed by atoms with Gasteiger partial charge >= 0.3 is 0 Å². The number of hydrogen-bond acceptors (Lipinski definition) is 1. The van der Waals surface area contributed by atoms with E-state index in [0.29, 0.717) is 6.04 Å². The van der Waals surface area contributed by atoms with Crippen LogP contribution in [0.5, 0.6) is 0 Å². The predicted octanol–water partition coefficient (Wildman–Crippen LogP) is 2.46. The van der Waals surface area contributed by atoms with Crippen LogP contribution in [0.4, 0.5) is 0 Å². The van der Waals surface area contributed by atoms with Gasteiger partial charge in [-0.05, 0) is 39.8 Å². The van der Waals surface area contributed by atoms with Gasteiger partial charge in [-0.3, -0.25) is 0 Å². The molecule has 0 saturated heterocycles. The largest absolute Gasteiger partial charge is 0.307 e. The van der Waals surface area contributed by atoms with Gasteiger partial charge in [-0.1, -0.05) is 24.3 Å². The first-order chi connectivity index (χ1) is 5.70. The summed E-state index contributed by atoms with van der Waals surface area (Å²) in [6.45, 7) is 2.28. The summed E-state index contributed by atoms with van der Waals surface area (Å²) in [7, 11) is 4.29. The van der Waals surface area contributed by atoms with E-state index in [1.165, 1.54) is 12.8 Å². The van der Waals surface area contributed by atoms with Crippen LogP contribution >= 0.6 is 0 Å². The first-order valence-electron chi connectivity index (χ1n) is 4.70. The van der Waals surface area contributed by atoms with E-state index >= 15 is 0 Å². The molecule has 1 nitrogen and oxygen atoms in total. The molecule has 0 saturated carbocycles. The standard InChI is InChI=1S/C11H19N/c1-10(12(2)3)9-11-7-5-4-6-8-11/h4-7,10-11H,8-9H2,1-3H3/t10-,11?/m1/s1. The fourth-order valence-electron chi connectivity index (χ4n) is 1.46. The molecule has 0 N–H and O–H groups in total. The van der Waals surface area contributed by atoms with Crippen molar-refractivity contribution < 1.29 is 0 Å². The summed E-state index contributed by atoms with van der Waals surface area (Å²) >= 11 is 0. The zero-order chi connectivity index (χ0) is 8.97. The number of nitrogens with zero attached hydrogens (tertiary/aromatic N) is 1. The second-order valence-electron chi connectivity index (χ2n) is 3.86. The normalized spacial score (nSPS) is 24.8. The van der Waals surface area contributed by atoms with Crippen LogP contribution in [0.1, 0.15) is 19.8 Å². The van der Waals surface area contributed by atoms with E-state index in [9.17, 15) is 0 Å². The average molecular weight is 165 g/mol. The molecule has 1 unspecified atom stereocenters. The van der Waals surface area contributed by atoms with Crippen LogP contribution in [-0.2, 0) is 0 Å². The molecule has 0 fully saturated rings. The minimum Gasteiger partial charge on any atom is -0.307 e. The van der Waals surface area contributed by atoms with Gasteiger partial charge in [-0.15, -0.1) is 0 Å². The van der Waals surface area contributed by atoms with Gasteiger partial charge in [0.2, 0.25) is 0 Å². The molecule has 1 aliphatic carbocycles. The molecule has 1 aliphatic rings. The highest BCUT2D eigenvalue weighted by Gasteiger charge is 2.11. The maximum absolute atomic E-state index is 2.32. The summed E-state index contributed by atoms with van der Waals surface area (Å²) in [6, 6.07) is 0.686. The van der Waals surface area contributed by atoms with Crippen LogP contribution in [0.3, 0.4) is 0 Å². The zero-order valence-corrected chi connectivity index (χ0v) is 8.33. The Morgan fingerprint density at radius 2 is 2.17 bits per heavy atom. The summed E-state index contributed by atoms with van der Waals surface area (Å²) < 4.78 is 0. The van der Waals surface area contributed by atoms with Crippen LogP contribution in [0, 0.1) is 5.92 Å². The molecule has 1 rings (SSSR count). The van der Waals surface area contributed by atoms with Crippen LogP contribution in [-0.4, -0.2) is 25.0 Å². The molecule has 0 aromatic rings. The van der Waals surface area contributed by atoms with Gasteiger partial charge in [0.25, 0.3) is 0 Å². The number of allylic oxidation sites excluding steroid dienone is 4. The lowest BCUT2D eigenvalue weighted by molar-refractivity contribution is 0.276. The Hall–Kier alpha value is -0.560. The number of rotatable bonds is 3. The van der Waals surface area contributed by atoms with E-state index in [4.69, 9.17) is 0 Å². The van der Waals surface area contributed by atoms with Gasteiger partial charge < -0.3 is 4.90 Å². The van der Waals surface area contributed by atoms with Gasteiger partial charge in [0.05, 0.1) is 0 Å². The van der Waals surface area contributed by atoms with Crippen LogP contribution < -0.4 is 0 Å². The lowest BCUT2D eigenvalue weighted by Crippen LogP contribution is -2.26. The monoisotopic (exact) mass is 165 g/mol. The summed E-state index contributed by atoms with van der Waals surface area (Å²) in [4.78, 5) is 2.28. The highest BCUT2D eigenvalue weighted by Crippen LogP contribution is 2.18. The summed E-state index contributed by atoms with van der Waals surface area (Å²) in [5.74, 6) is 0.757. The van der Waals surface area contributed by atoms with Crippen molar-refractivity contribution in [2.75, 3.05) is 14.1 Å². The van der Waals surface area contributed by atoms with Gasteiger partial charge in [0, 0.05) is 6.04 Å². The third kappa shape index (κ3) is 2.82. The quantitative estimate of drug-likeness (QED) is 0.621. The van der Waals surface area contributed by atoms with E-state index < -0.39 is 0 Å². The molecular weight excluding hydrogens is 146 g/mol. The van der Waals surface area contributed by atoms with Crippen molar-refractivity contribution in [1.29, 1.82) is 0 Å². The second kappa shape index (κ2) is 4.46. The number of hydrogen-bond donors (Lipinski definition) is 0. The highest BCUT2D eigenvalue weighted by atomic mass is 15.1. The molecule has 0 spiro atoms. The lowest BCUT2D eigenvalue weighted by Gasteiger charge is -2.23. The van der Waals surface area contributed by atoms with Crippen molar-refractivity contribution in [2.24, 2.45) is 5.92 Å². The molecule has 2 atom stereocenters. The maximum atomic E-state index is 2.32. The SMILES string of the molecule is C[C@H](CC1C=CC=CC1)N(C)C. The van der Waals surface area contributed by atoms with Crippen molar-refractivity contribution in [1.82, 2.24) is 4.90 Å². The molecule has 0 radical (unpaired) electrons. The molecule has 12 heavy (non-hydrogen) atoms. The molecular formula is C11H19N. The van der Waals surface area contributed by atoms with Crippen molar-refractivity contribution in [3.8, 4) is 0 Å². The van der Waals surface area contributed by atoms with Gasteiger partial charge in [0.1, 0.15) is 0 Å². The van der Waals surface area contributed by atoms with E-state index in [-0.39, 0.29) is 0 Å². The lowest BCUT2D eigenvalue weighted by atomic mass is 9.94. The third-order valence-corrected chi connectivity index (χ3v) is 2.59. The Morgan fingerprint density at radius 3 is 2.67 bits per heavy atom. The minimum absolute atomic E-state index is 0.686. The molecule has 68 valence electrons. The van der Waals surface area contributed by atoms with Crippen LogP contribution in [0.15, 0.2) is 24.3 Å². The first-order valence-corrected chi connectivity index (χ1v) is 4.70. The average Bonchev–Trinajstić information content (AvgIpc) is 2.06. The predicted molar refractivity (Wildman–Crippen MR) is 54.2 cm³/mol. The Bertz CT molecular complexity index is 179. The van der Waals surface area contributed by atoms with Gasteiger partial charge in [0.15, 0.2) is 0 Å². The summed E-state index contributed by atoms with van der Waals surface area (Å²) in [6.07, 6.45) is 11.4. The Balaban J connectivity index is 2.31. The smallest absolute Gasteiger partial charge is 0.00665 e. The van der Waals surface area contributed by atoms with Crippen LogP contribution in [0.2, 0.25) is 0 Å². The first kappa shape index (κ1) is 9.53. The molecule has 0 heterocycles. The molecule has 0 aromatic heterocycles. The van der Waals surface area contributed by atoms with Crippen molar-refractivity contribution in [3.05, 3.63) is 24.3 Å². The van der Waals surface area contributed by atoms with E-state index in [0.717, 1.165) is 5.92 Å². The summed E-state index contributed by atoms with van der Waals surface area (Å²) in [5.41, 5.74) is 0. The molecule has 1 heteroatoms. The van der Waals surface area contributed by atoms with E-state index in [2.05, 4.69) is 50.2 Å². The fraction of sp³-hybridized carbons (Fsp3) is 0.636. The minimum atomic E-state index is 0.686. The maximum Gasteiger partial charge on any atom is 0.00665 e. The van der Waals surface area contributed by atoms with Crippen molar-refractivity contribution >= 4 is 0 Å². The molecule has 0 aliphatic heterocycles. The fourth-order valence-corrected chi connectivity index (χ4v) is 1.46. The Kier molecular flexibility index (Phi) is 3.54. The van der Waals surface area contributed by atoms with E-state index in [1.54, 1.807) is 0 Å². The topological polar surface area (TPSA) is 3.24 Å². The molecule has 0 bridgehead atoms. The Morgan fingerprint density at radius 1 is 1.42 bits per heavy atom. The van der Waals surface area contributed by atoms with Crippen LogP contribution in [0.25, 0.3) is 0 Å². The van der Waals surface area contributed by atoms with Gasteiger partial charge in [-0.25, -0.2) is 0 Å². The zero-order valence-electron chi connectivity index (χ0n) is 8.33. The molecule has 0 aromatic carbocycles. The second-order valence-corrected chi connectivity index (χ2v) is 3.86. The van der Waals surface area contributed by atoms with Crippen molar-refractivity contribution in [2.45, 2.75) is 25.8 Å². The third-order valence-electron chi connectivity index (χ3n) is 2.59. The molecule has 0 amide bonds. The van der Waals surface area contributed by atoms with Gasteiger partial charge in [-0.2, -0.15) is 0 Å².